The van der Waals surface area contributed by atoms with Crippen LogP contribution in [0, 0.1) is 0 Å². The zero-order valence-electron chi connectivity index (χ0n) is 14.4. The first kappa shape index (κ1) is 17.1. The van der Waals surface area contributed by atoms with Gasteiger partial charge in [-0.3, -0.25) is 9.59 Å². The van der Waals surface area contributed by atoms with Crippen LogP contribution in [0.25, 0.3) is 6.08 Å². The molecule has 1 aromatic rings. The van der Waals surface area contributed by atoms with E-state index in [1.165, 1.54) is 6.21 Å². The number of hydrogen-bond acceptors (Lipinski definition) is 5. The van der Waals surface area contributed by atoms with E-state index in [1.54, 1.807) is 21.6 Å². The molecule has 2 saturated heterocycles. The summed E-state index contributed by atoms with van der Waals surface area (Å²) in [6, 6.07) is 7.39. The van der Waals surface area contributed by atoms with Crippen molar-refractivity contribution in [2.45, 2.75) is 31.3 Å². The van der Waals surface area contributed by atoms with Crippen molar-refractivity contribution in [3.63, 3.8) is 0 Å². The first-order valence-electron chi connectivity index (χ1n) is 8.84. The molecular weight excluding hydrogens is 350 g/mol. The zero-order chi connectivity index (χ0) is 18.1. The molecule has 1 aliphatic carbocycles. The number of hydrogen-bond donors (Lipinski definition) is 1. The fourth-order valence-corrected chi connectivity index (χ4v) is 5.07. The van der Waals surface area contributed by atoms with E-state index >= 15 is 0 Å². The monoisotopic (exact) mass is 371 g/mol. The molecule has 6 nitrogen and oxygen atoms in total. The second-order valence-corrected chi connectivity index (χ2v) is 7.84. The van der Waals surface area contributed by atoms with E-state index in [-0.39, 0.29) is 17.9 Å². The maximum absolute atomic E-state index is 13.1. The molecule has 2 aliphatic heterocycles. The van der Waals surface area contributed by atoms with Gasteiger partial charge in [-0.2, -0.15) is 0 Å². The summed E-state index contributed by atoms with van der Waals surface area (Å²) in [6.45, 7) is 0.614. The molecule has 0 bridgehead atoms. The number of rotatable bonds is 3. The Morgan fingerprint density at radius 3 is 2.92 bits per heavy atom. The summed E-state index contributed by atoms with van der Waals surface area (Å²) in [4.78, 5) is 29.6. The Bertz CT molecular complexity index is 792. The maximum atomic E-state index is 13.1. The molecule has 7 heteroatoms. The number of fused-ring (bicyclic) bond motifs is 1. The van der Waals surface area contributed by atoms with Crippen molar-refractivity contribution >= 4 is 35.9 Å². The van der Waals surface area contributed by atoms with Crippen LogP contribution >= 0.6 is 11.8 Å². The summed E-state index contributed by atoms with van der Waals surface area (Å²) in [5, 5.41) is 11.9. The molecule has 136 valence electrons. The topological polar surface area (TPSA) is 73.2 Å². The van der Waals surface area contributed by atoms with Crippen LogP contribution in [0.2, 0.25) is 0 Å². The highest BCUT2D eigenvalue weighted by Gasteiger charge is 2.41. The summed E-state index contributed by atoms with van der Waals surface area (Å²) in [7, 11) is 0. The first-order valence-corrected chi connectivity index (χ1v) is 9.99. The fraction of sp³-hybridized carbons (Fsp3) is 0.421. The van der Waals surface area contributed by atoms with Crippen molar-refractivity contribution in [2.75, 3.05) is 18.2 Å². The minimum absolute atomic E-state index is 0.0312. The van der Waals surface area contributed by atoms with Gasteiger partial charge >= 0.3 is 0 Å². The normalized spacial score (nSPS) is 25.0. The molecule has 26 heavy (non-hydrogen) atoms. The molecule has 0 unspecified atom stereocenters. The fourth-order valence-electron chi connectivity index (χ4n) is 3.94. The van der Waals surface area contributed by atoms with Gasteiger partial charge < -0.3 is 15.0 Å². The van der Waals surface area contributed by atoms with Gasteiger partial charge in [-0.1, -0.05) is 29.4 Å². The number of thioether (sulfide) groups is 1. The number of nitrogens with zero attached hydrogens (tertiary/aromatic N) is 3. The molecule has 0 radical (unpaired) electrons. The predicted octanol–water partition coefficient (Wildman–Crippen LogP) is 1.98. The molecule has 1 aromatic carbocycles. The minimum atomic E-state index is -0.416. The standard InChI is InChI=1S/C19H21N3O3S/c23-18(15-8-13-4-1-2-5-14(13)9-15)21-7-3-6-17(21)19(24)22-12-26-11-16(22)10-20-25/h1-2,4-5,8,10,16-17,25H,3,6-7,9,11-12H2/t16-,17-/m1/s1. The predicted molar refractivity (Wildman–Crippen MR) is 101 cm³/mol. The first-order chi connectivity index (χ1) is 12.7. The van der Waals surface area contributed by atoms with Crippen molar-refractivity contribution in [1.29, 1.82) is 0 Å². The quantitative estimate of drug-likeness (QED) is 0.501. The van der Waals surface area contributed by atoms with Crippen LogP contribution in [0.15, 0.2) is 35.0 Å². The lowest BCUT2D eigenvalue weighted by molar-refractivity contribution is -0.141. The molecule has 1 N–H and O–H groups in total. The van der Waals surface area contributed by atoms with Crippen LogP contribution in [0.1, 0.15) is 24.0 Å². The van der Waals surface area contributed by atoms with Crippen molar-refractivity contribution in [2.24, 2.45) is 5.16 Å². The molecule has 2 amide bonds. The van der Waals surface area contributed by atoms with E-state index in [9.17, 15) is 9.59 Å². The largest absolute Gasteiger partial charge is 0.411 e. The highest BCUT2D eigenvalue weighted by Crippen LogP contribution is 2.30. The lowest BCUT2D eigenvalue weighted by Crippen LogP contribution is -2.50. The Kier molecular flexibility index (Phi) is 4.72. The van der Waals surface area contributed by atoms with E-state index in [4.69, 9.17) is 5.21 Å². The summed E-state index contributed by atoms with van der Waals surface area (Å²) >= 11 is 1.63. The summed E-state index contributed by atoms with van der Waals surface area (Å²) in [5.74, 6) is 1.22. The van der Waals surface area contributed by atoms with Gasteiger partial charge in [0.2, 0.25) is 5.91 Å². The second-order valence-electron chi connectivity index (χ2n) is 6.84. The van der Waals surface area contributed by atoms with Gasteiger partial charge in [0.05, 0.1) is 18.1 Å². The van der Waals surface area contributed by atoms with Gasteiger partial charge in [-0.15, -0.1) is 11.8 Å². The van der Waals surface area contributed by atoms with Crippen LogP contribution in [0.5, 0.6) is 0 Å². The average molecular weight is 371 g/mol. The molecule has 2 atom stereocenters. The molecule has 0 aromatic heterocycles. The van der Waals surface area contributed by atoms with Gasteiger partial charge in [-0.25, -0.2) is 0 Å². The van der Waals surface area contributed by atoms with Crippen molar-refractivity contribution < 1.29 is 14.8 Å². The highest BCUT2D eigenvalue weighted by atomic mass is 32.2. The van der Waals surface area contributed by atoms with E-state index in [1.807, 2.05) is 30.3 Å². The van der Waals surface area contributed by atoms with Gasteiger partial charge in [-0.05, 0) is 30.0 Å². The summed E-state index contributed by atoms with van der Waals surface area (Å²) < 4.78 is 0. The van der Waals surface area contributed by atoms with E-state index in [0.717, 1.165) is 28.9 Å². The Morgan fingerprint density at radius 2 is 2.12 bits per heavy atom. The molecule has 0 spiro atoms. The van der Waals surface area contributed by atoms with E-state index < -0.39 is 6.04 Å². The SMILES string of the molecule is O=C([C@H]1CCCN1C(=O)C1=Cc2ccccc2C1)N1CSC[C@H]1C=NO. The van der Waals surface area contributed by atoms with Gasteiger partial charge in [0.1, 0.15) is 6.04 Å². The highest BCUT2D eigenvalue weighted by molar-refractivity contribution is 7.99. The van der Waals surface area contributed by atoms with Crippen LogP contribution in [0.4, 0.5) is 0 Å². The number of carbonyl (C=O) groups is 2. The van der Waals surface area contributed by atoms with Gasteiger partial charge in [0.25, 0.3) is 5.91 Å². The van der Waals surface area contributed by atoms with Gasteiger partial charge in [0.15, 0.2) is 0 Å². The minimum Gasteiger partial charge on any atom is -0.411 e. The molecular formula is C19H21N3O3S. The number of oxime groups is 1. The summed E-state index contributed by atoms with van der Waals surface area (Å²) in [6.07, 6.45) is 5.50. The Balaban J connectivity index is 1.50. The number of amides is 2. The Labute approximate surface area is 156 Å². The molecule has 2 heterocycles. The number of likely N-dealkylation sites (tertiary alicyclic amines) is 1. The third-order valence-corrected chi connectivity index (χ3v) is 6.32. The third kappa shape index (κ3) is 3.00. The molecule has 4 rings (SSSR count). The van der Waals surface area contributed by atoms with Crippen molar-refractivity contribution in [3.8, 4) is 0 Å². The zero-order valence-corrected chi connectivity index (χ0v) is 15.2. The lowest BCUT2D eigenvalue weighted by Gasteiger charge is -2.29. The molecule has 3 aliphatic rings. The van der Waals surface area contributed by atoms with E-state index in [0.29, 0.717) is 25.3 Å². The Hall–Kier alpha value is -2.28. The third-order valence-electron chi connectivity index (χ3n) is 5.28. The Morgan fingerprint density at radius 1 is 1.27 bits per heavy atom. The van der Waals surface area contributed by atoms with Crippen molar-refractivity contribution in [3.05, 3.63) is 41.0 Å². The summed E-state index contributed by atoms with van der Waals surface area (Å²) in [5.41, 5.74) is 3.01. The smallest absolute Gasteiger partial charge is 0.250 e. The molecule has 2 fully saturated rings. The van der Waals surface area contributed by atoms with Crippen LogP contribution in [0.3, 0.4) is 0 Å². The maximum Gasteiger partial charge on any atom is 0.250 e. The average Bonchev–Trinajstić information content (AvgIpc) is 3.39. The van der Waals surface area contributed by atoms with Crippen LogP contribution in [-0.2, 0) is 16.0 Å². The molecule has 0 saturated carbocycles. The second kappa shape index (κ2) is 7.15. The number of carbonyl (C=O) groups excluding carboxylic acids is 2. The van der Waals surface area contributed by atoms with Gasteiger partial charge in [0, 0.05) is 24.3 Å². The lowest BCUT2D eigenvalue weighted by atomic mass is 10.1. The van der Waals surface area contributed by atoms with Crippen molar-refractivity contribution in [1.82, 2.24) is 9.80 Å². The van der Waals surface area contributed by atoms with E-state index in [2.05, 4.69) is 5.16 Å². The number of benzene rings is 1. The van der Waals surface area contributed by atoms with Crippen LogP contribution in [-0.4, -0.2) is 63.3 Å². The van der Waals surface area contributed by atoms with Crippen LogP contribution < -0.4 is 0 Å².